The standard InChI is InChI=1S/C23H39N5O3.HI/c1-4-11-25-22(30)16-28-12-9-19(10-13-28)27-23(24-5-2)26-15-20(29)17-31-21-8-6-7-18(3)14-21;/h6-8,14,19-20,29H,4-5,9-13,15-17H2,1-3H3,(H,25,30)(H2,24,26,27);1H. The van der Waals surface area contributed by atoms with Crippen LogP contribution in [0.1, 0.15) is 38.7 Å². The summed E-state index contributed by atoms with van der Waals surface area (Å²) in [6.07, 6.45) is 2.17. The van der Waals surface area contributed by atoms with Crippen molar-refractivity contribution >= 4 is 35.8 Å². The molecule has 1 heterocycles. The first-order valence-electron chi connectivity index (χ1n) is 11.4. The highest BCUT2D eigenvalue weighted by Crippen LogP contribution is 2.13. The Morgan fingerprint density at radius 3 is 2.69 bits per heavy atom. The molecule has 0 radical (unpaired) electrons. The first-order chi connectivity index (χ1) is 15.0. The number of aryl methyl sites for hydroxylation is 1. The summed E-state index contributed by atoms with van der Waals surface area (Å²) in [6.45, 7) is 10.2. The molecule has 1 aromatic carbocycles. The molecule has 1 fully saturated rings. The predicted molar refractivity (Wildman–Crippen MR) is 140 cm³/mol. The fraction of sp³-hybridized carbons (Fsp3) is 0.652. The van der Waals surface area contributed by atoms with E-state index in [1.54, 1.807) is 0 Å². The van der Waals surface area contributed by atoms with Gasteiger partial charge in [-0.05, 0) is 50.8 Å². The number of hydrogen-bond acceptors (Lipinski definition) is 5. The second-order valence-corrected chi connectivity index (χ2v) is 8.05. The Kier molecular flexibility index (Phi) is 14.3. The molecule has 0 spiro atoms. The third-order valence-electron chi connectivity index (χ3n) is 5.10. The number of nitrogens with zero attached hydrogens (tertiary/aromatic N) is 2. The number of hydrogen-bond donors (Lipinski definition) is 4. The van der Waals surface area contributed by atoms with E-state index in [1.807, 2.05) is 38.1 Å². The number of guanidine groups is 1. The van der Waals surface area contributed by atoms with Crippen LogP contribution in [-0.2, 0) is 4.79 Å². The van der Waals surface area contributed by atoms with Crippen molar-refractivity contribution in [1.82, 2.24) is 20.9 Å². The van der Waals surface area contributed by atoms with Gasteiger partial charge in [0.15, 0.2) is 5.96 Å². The number of benzene rings is 1. The molecule has 0 bridgehead atoms. The Morgan fingerprint density at radius 1 is 1.28 bits per heavy atom. The Bertz CT molecular complexity index is 696. The maximum absolute atomic E-state index is 11.9. The molecule has 1 saturated heterocycles. The van der Waals surface area contributed by atoms with E-state index in [-0.39, 0.29) is 43.0 Å². The van der Waals surface area contributed by atoms with Crippen LogP contribution in [0.3, 0.4) is 0 Å². The summed E-state index contributed by atoms with van der Waals surface area (Å²) in [4.78, 5) is 18.6. The van der Waals surface area contributed by atoms with Gasteiger partial charge in [-0.1, -0.05) is 19.1 Å². The topological polar surface area (TPSA) is 98.2 Å². The van der Waals surface area contributed by atoms with Crippen molar-refractivity contribution in [2.75, 3.05) is 45.9 Å². The molecular formula is C23H40IN5O3. The number of ether oxygens (including phenoxy) is 1. The van der Waals surface area contributed by atoms with Crippen LogP contribution in [0.5, 0.6) is 5.75 Å². The largest absolute Gasteiger partial charge is 0.491 e. The van der Waals surface area contributed by atoms with Gasteiger partial charge in [0.25, 0.3) is 0 Å². The maximum atomic E-state index is 11.9. The summed E-state index contributed by atoms with van der Waals surface area (Å²) in [7, 11) is 0. The fourth-order valence-electron chi connectivity index (χ4n) is 3.42. The van der Waals surface area contributed by atoms with Crippen LogP contribution >= 0.6 is 24.0 Å². The van der Waals surface area contributed by atoms with E-state index >= 15 is 0 Å². The molecule has 4 N–H and O–H groups in total. The highest BCUT2D eigenvalue weighted by atomic mass is 127. The van der Waals surface area contributed by atoms with Crippen LogP contribution in [0.4, 0.5) is 0 Å². The Morgan fingerprint density at radius 2 is 2.03 bits per heavy atom. The van der Waals surface area contributed by atoms with E-state index < -0.39 is 6.10 Å². The average Bonchev–Trinajstić information content (AvgIpc) is 2.76. The van der Waals surface area contributed by atoms with Crippen LogP contribution in [0.15, 0.2) is 29.3 Å². The molecule has 0 saturated carbocycles. The number of likely N-dealkylation sites (tertiary alicyclic amines) is 1. The summed E-state index contributed by atoms with van der Waals surface area (Å²) in [6, 6.07) is 8.07. The van der Waals surface area contributed by atoms with Gasteiger partial charge in [-0.2, -0.15) is 0 Å². The van der Waals surface area contributed by atoms with Gasteiger partial charge in [-0.15, -0.1) is 24.0 Å². The summed E-state index contributed by atoms with van der Waals surface area (Å²) in [5, 5.41) is 19.9. The van der Waals surface area contributed by atoms with Gasteiger partial charge in [0.1, 0.15) is 18.5 Å². The van der Waals surface area contributed by atoms with Crippen molar-refractivity contribution in [3.05, 3.63) is 29.8 Å². The number of aliphatic hydroxyl groups excluding tert-OH is 1. The van der Waals surface area contributed by atoms with E-state index in [2.05, 4.69) is 32.8 Å². The molecule has 1 atom stereocenters. The first-order valence-corrected chi connectivity index (χ1v) is 11.4. The van der Waals surface area contributed by atoms with Crippen LogP contribution in [0.2, 0.25) is 0 Å². The molecule has 1 unspecified atom stereocenters. The number of rotatable bonds is 11. The van der Waals surface area contributed by atoms with Gasteiger partial charge in [-0.25, -0.2) is 0 Å². The van der Waals surface area contributed by atoms with Gasteiger partial charge in [0, 0.05) is 32.2 Å². The zero-order valence-corrected chi connectivity index (χ0v) is 21.9. The summed E-state index contributed by atoms with van der Waals surface area (Å²) < 4.78 is 5.66. The fourth-order valence-corrected chi connectivity index (χ4v) is 3.42. The van der Waals surface area contributed by atoms with Crippen molar-refractivity contribution in [2.45, 2.75) is 52.2 Å². The minimum Gasteiger partial charge on any atom is -0.491 e. The monoisotopic (exact) mass is 561 g/mol. The van der Waals surface area contributed by atoms with Crippen molar-refractivity contribution in [1.29, 1.82) is 0 Å². The molecule has 32 heavy (non-hydrogen) atoms. The number of piperidine rings is 1. The summed E-state index contributed by atoms with van der Waals surface area (Å²) >= 11 is 0. The summed E-state index contributed by atoms with van der Waals surface area (Å²) in [5.41, 5.74) is 1.12. The third kappa shape index (κ3) is 11.3. The van der Waals surface area contributed by atoms with E-state index in [4.69, 9.17) is 4.74 Å². The molecule has 0 aromatic heterocycles. The molecule has 1 amide bonds. The SMILES string of the molecule is CCCNC(=O)CN1CCC(NC(=NCC(O)COc2cccc(C)c2)NCC)CC1.I. The van der Waals surface area contributed by atoms with Gasteiger partial charge < -0.3 is 25.8 Å². The molecule has 1 aromatic rings. The van der Waals surface area contributed by atoms with Crippen molar-refractivity contribution in [3.8, 4) is 5.75 Å². The lowest BCUT2D eigenvalue weighted by atomic mass is 10.1. The average molecular weight is 562 g/mol. The number of carbonyl (C=O) groups is 1. The van der Waals surface area contributed by atoms with Gasteiger partial charge in [-0.3, -0.25) is 14.7 Å². The van der Waals surface area contributed by atoms with Crippen LogP contribution in [0, 0.1) is 6.92 Å². The zero-order chi connectivity index (χ0) is 22.5. The second-order valence-electron chi connectivity index (χ2n) is 8.05. The Hall–Kier alpha value is -1.59. The van der Waals surface area contributed by atoms with Gasteiger partial charge >= 0.3 is 0 Å². The number of halogens is 1. The molecule has 2 rings (SSSR count). The number of aliphatic hydroxyl groups is 1. The highest BCUT2D eigenvalue weighted by molar-refractivity contribution is 14.0. The lowest BCUT2D eigenvalue weighted by Crippen LogP contribution is -2.50. The van der Waals surface area contributed by atoms with Crippen LogP contribution < -0.4 is 20.7 Å². The molecule has 8 nitrogen and oxygen atoms in total. The van der Waals surface area contributed by atoms with E-state index in [0.717, 1.165) is 56.8 Å². The van der Waals surface area contributed by atoms with E-state index in [9.17, 15) is 9.90 Å². The third-order valence-corrected chi connectivity index (χ3v) is 5.10. The minimum atomic E-state index is -0.681. The van der Waals surface area contributed by atoms with Gasteiger partial charge in [0.2, 0.25) is 5.91 Å². The maximum Gasteiger partial charge on any atom is 0.234 e. The number of nitrogens with one attached hydrogen (secondary N) is 3. The molecule has 182 valence electrons. The quantitative estimate of drug-likeness (QED) is 0.187. The predicted octanol–water partition coefficient (Wildman–Crippen LogP) is 1.90. The number of carbonyl (C=O) groups excluding carboxylic acids is 1. The smallest absolute Gasteiger partial charge is 0.234 e. The molecule has 9 heteroatoms. The Balaban J connectivity index is 0.00000512. The van der Waals surface area contributed by atoms with Crippen molar-refractivity contribution < 1.29 is 14.6 Å². The number of amides is 1. The van der Waals surface area contributed by atoms with Crippen molar-refractivity contribution in [2.24, 2.45) is 4.99 Å². The normalized spacial score (nSPS) is 16.1. The minimum absolute atomic E-state index is 0. The highest BCUT2D eigenvalue weighted by Gasteiger charge is 2.21. The van der Waals surface area contributed by atoms with Crippen LogP contribution in [-0.4, -0.2) is 79.9 Å². The zero-order valence-electron chi connectivity index (χ0n) is 19.6. The first kappa shape index (κ1) is 28.4. The molecule has 1 aliphatic rings. The van der Waals surface area contributed by atoms with E-state index in [0.29, 0.717) is 18.5 Å². The lowest BCUT2D eigenvalue weighted by molar-refractivity contribution is -0.122. The van der Waals surface area contributed by atoms with Crippen molar-refractivity contribution in [3.63, 3.8) is 0 Å². The molecular weight excluding hydrogens is 521 g/mol. The molecule has 0 aliphatic carbocycles. The van der Waals surface area contributed by atoms with E-state index in [1.165, 1.54) is 0 Å². The number of aliphatic imine (C=N–C) groups is 1. The lowest BCUT2D eigenvalue weighted by Gasteiger charge is -2.32. The van der Waals surface area contributed by atoms with Crippen LogP contribution in [0.25, 0.3) is 0 Å². The molecule has 1 aliphatic heterocycles. The summed E-state index contributed by atoms with van der Waals surface area (Å²) in [5.74, 6) is 1.56. The van der Waals surface area contributed by atoms with Gasteiger partial charge in [0.05, 0.1) is 13.1 Å². The second kappa shape index (κ2) is 16.1. The Labute approximate surface area is 209 Å².